The van der Waals surface area contributed by atoms with Gasteiger partial charge in [-0.05, 0) is 30.9 Å². The molecule has 2 aliphatic rings. The number of fused-ring (bicyclic) bond motifs is 2. The van der Waals surface area contributed by atoms with Gasteiger partial charge in [0.05, 0.1) is 30.2 Å². The third-order valence-corrected chi connectivity index (χ3v) is 6.52. The largest absolute Gasteiger partial charge is 0.492 e. The molecule has 4 rings (SSSR count). The van der Waals surface area contributed by atoms with Crippen molar-refractivity contribution in [3.05, 3.63) is 41.4 Å². The summed E-state index contributed by atoms with van der Waals surface area (Å²) in [6.07, 6.45) is 12.8. The van der Waals surface area contributed by atoms with E-state index in [2.05, 4.69) is 19.9 Å². The van der Waals surface area contributed by atoms with Crippen LogP contribution in [0.4, 0.5) is 5.69 Å². The molecule has 3 heterocycles. The first kappa shape index (κ1) is 22.6. The number of aliphatic imine (C=N–C) groups is 1. The van der Waals surface area contributed by atoms with E-state index < -0.39 is 0 Å². The van der Waals surface area contributed by atoms with E-state index in [9.17, 15) is 4.79 Å². The summed E-state index contributed by atoms with van der Waals surface area (Å²) in [6.45, 7) is 6.35. The molecule has 0 radical (unpaired) electrons. The lowest BCUT2D eigenvalue weighted by molar-refractivity contribution is -0.122. The van der Waals surface area contributed by atoms with Gasteiger partial charge in [0.1, 0.15) is 11.8 Å². The van der Waals surface area contributed by atoms with Crippen molar-refractivity contribution in [3.63, 3.8) is 0 Å². The minimum Gasteiger partial charge on any atom is -0.492 e. The van der Waals surface area contributed by atoms with Crippen molar-refractivity contribution in [3.8, 4) is 5.75 Å². The molecular weight excluding hydrogens is 426 g/mol. The molecular formula is C24H32ClN5O2. The van der Waals surface area contributed by atoms with Crippen LogP contribution < -0.4 is 10.1 Å². The summed E-state index contributed by atoms with van der Waals surface area (Å²) in [6, 6.07) is 3.59. The summed E-state index contributed by atoms with van der Waals surface area (Å²) in [5.74, 6) is 1.51. The average Bonchev–Trinajstić information content (AvgIpc) is 3.39. The van der Waals surface area contributed by atoms with E-state index in [1.807, 2.05) is 49.6 Å². The van der Waals surface area contributed by atoms with Crippen LogP contribution in [0.5, 0.6) is 5.75 Å². The molecule has 32 heavy (non-hydrogen) atoms. The highest BCUT2D eigenvalue weighted by Crippen LogP contribution is 2.40. The normalized spacial score (nSPS) is 17.2. The molecule has 1 saturated heterocycles. The first-order chi connectivity index (χ1) is 15.5. The van der Waals surface area contributed by atoms with Gasteiger partial charge in [-0.3, -0.25) is 10.1 Å². The lowest BCUT2D eigenvalue weighted by Crippen LogP contribution is -2.40. The Bertz CT molecular complexity index is 958. The van der Waals surface area contributed by atoms with Crippen LogP contribution in [0.1, 0.15) is 57.9 Å². The smallest absolute Gasteiger partial charge is 0.249 e. The van der Waals surface area contributed by atoms with E-state index in [0.717, 1.165) is 30.6 Å². The molecule has 1 unspecified atom stereocenters. The van der Waals surface area contributed by atoms with Gasteiger partial charge in [0.25, 0.3) is 0 Å². The molecule has 2 aromatic rings. The number of unbranched alkanes of at least 4 members (excludes halogenated alkanes) is 5. The quantitative estimate of drug-likeness (QED) is 0.486. The molecule has 0 saturated carbocycles. The fraction of sp³-hybridized carbons (Fsp3) is 0.542. The Hall–Kier alpha value is -2.54. The number of halogens is 1. The number of ether oxygens (including phenoxy) is 1. The Morgan fingerprint density at radius 3 is 2.72 bits per heavy atom. The maximum Gasteiger partial charge on any atom is 0.249 e. The molecule has 0 aliphatic carbocycles. The minimum absolute atomic E-state index is 0.000815. The van der Waals surface area contributed by atoms with E-state index in [1.165, 1.54) is 25.7 Å². The van der Waals surface area contributed by atoms with Gasteiger partial charge in [-0.1, -0.05) is 51.1 Å². The first-order valence-electron chi connectivity index (χ1n) is 11.6. The fourth-order valence-corrected chi connectivity index (χ4v) is 4.68. The summed E-state index contributed by atoms with van der Waals surface area (Å²) in [4.78, 5) is 23.0. The number of carbonyl (C=O) groups is 1. The summed E-state index contributed by atoms with van der Waals surface area (Å²) in [5, 5.41) is 3.50. The Kier molecular flexibility index (Phi) is 7.35. The number of aryl methyl sites for hydroxylation is 1. The number of aromatic nitrogens is 2. The van der Waals surface area contributed by atoms with Crippen LogP contribution in [0.15, 0.2) is 35.8 Å². The van der Waals surface area contributed by atoms with E-state index in [4.69, 9.17) is 16.3 Å². The third-order valence-electron chi connectivity index (χ3n) is 6.11. The maximum absolute atomic E-state index is 12.3. The molecule has 1 aromatic carbocycles. The van der Waals surface area contributed by atoms with Crippen LogP contribution in [0, 0.1) is 5.92 Å². The number of imidazole rings is 1. The number of carbonyl (C=O) groups excluding carboxylic acids is 1. The van der Waals surface area contributed by atoms with Crippen molar-refractivity contribution < 1.29 is 9.53 Å². The molecule has 1 amide bonds. The van der Waals surface area contributed by atoms with E-state index >= 15 is 0 Å². The number of benzene rings is 1. The topological polar surface area (TPSA) is 71.7 Å². The van der Waals surface area contributed by atoms with Crippen LogP contribution in [0.3, 0.4) is 0 Å². The predicted molar refractivity (Wildman–Crippen MR) is 126 cm³/mol. The van der Waals surface area contributed by atoms with Crippen molar-refractivity contribution in [2.75, 3.05) is 6.61 Å². The Balaban J connectivity index is 1.21. The SMILES string of the molecule is CC(C)C1C(=O)NC2=Nc3ccc(OCCCCCCCCn4ccnc4)c(Cl)c3CN21. The number of hydrogen-bond donors (Lipinski definition) is 1. The molecule has 2 aliphatic heterocycles. The molecule has 0 spiro atoms. The minimum atomic E-state index is -0.220. The molecule has 1 N–H and O–H groups in total. The standard InChI is InChI=1S/C24H32ClN5O2/c1-17(2)22-23(31)28-24-27-19-9-10-20(21(25)18(19)15-30(22)24)32-14-8-6-4-3-5-7-12-29-13-11-26-16-29/h9-11,13,16-17,22H,3-8,12,14-15H2,1-2H3,(H,27,28,31). The zero-order valence-electron chi connectivity index (χ0n) is 18.9. The first-order valence-corrected chi connectivity index (χ1v) is 12.0. The Morgan fingerprint density at radius 2 is 1.97 bits per heavy atom. The van der Waals surface area contributed by atoms with Crippen molar-refractivity contribution in [1.82, 2.24) is 19.8 Å². The van der Waals surface area contributed by atoms with E-state index in [-0.39, 0.29) is 17.9 Å². The monoisotopic (exact) mass is 457 g/mol. The van der Waals surface area contributed by atoms with Crippen molar-refractivity contribution in [2.45, 2.75) is 71.5 Å². The highest BCUT2D eigenvalue weighted by Gasteiger charge is 2.41. The van der Waals surface area contributed by atoms with E-state index in [1.54, 1.807) is 0 Å². The lowest BCUT2D eigenvalue weighted by atomic mass is 10.0. The average molecular weight is 458 g/mol. The highest BCUT2D eigenvalue weighted by atomic mass is 35.5. The van der Waals surface area contributed by atoms with Crippen LogP contribution >= 0.6 is 11.6 Å². The predicted octanol–water partition coefficient (Wildman–Crippen LogP) is 4.91. The number of hydrogen-bond acceptors (Lipinski definition) is 5. The van der Waals surface area contributed by atoms with Gasteiger partial charge in [-0.2, -0.15) is 0 Å². The second kappa shape index (κ2) is 10.4. The number of nitrogens with zero attached hydrogens (tertiary/aromatic N) is 4. The number of nitrogens with one attached hydrogen (secondary N) is 1. The number of rotatable bonds is 11. The zero-order chi connectivity index (χ0) is 22.5. The molecule has 172 valence electrons. The molecule has 1 atom stereocenters. The fourth-order valence-electron chi connectivity index (χ4n) is 4.40. The molecule has 7 nitrogen and oxygen atoms in total. The van der Waals surface area contributed by atoms with Crippen molar-refractivity contribution >= 4 is 29.2 Å². The maximum atomic E-state index is 12.3. The van der Waals surface area contributed by atoms with Gasteiger partial charge in [0.2, 0.25) is 11.9 Å². The van der Waals surface area contributed by atoms with Crippen molar-refractivity contribution in [1.29, 1.82) is 0 Å². The van der Waals surface area contributed by atoms with Gasteiger partial charge in [0, 0.05) is 24.5 Å². The number of guanidine groups is 1. The van der Waals surface area contributed by atoms with Crippen LogP contribution in [-0.4, -0.2) is 39.0 Å². The lowest BCUT2D eigenvalue weighted by Gasteiger charge is -2.30. The number of amides is 1. The van der Waals surface area contributed by atoms with Crippen LogP contribution in [0.2, 0.25) is 5.02 Å². The third kappa shape index (κ3) is 5.09. The van der Waals surface area contributed by atoms with E-state index in [0.29, 0.717) is 29.9 Å². The van der Waals surface area contributed by atoms with Gasteiger partial charge in [-0.25, -0.2) is 9.98 Å². The second-order valence-electron chi connectivity index (χ2n) is 8.89. The van der Waals surface area contributed by atoms with Crippen LogP contribution in [-0.2, 0) is 17.9 Å². The second-order valence-corrected chi connectivity index (χ2v) is 9.27. The van der Waals surface area contributed by atoms with Gasteiger partial charge in [0.15, 0.2) is 0 Å². The molecule has 1 fully saturated rings. The van der Waals surface area contributed by atoms with Gasteiger partial charge in [-0.15, -0.1) is 0 Å². The summed E-state index contributed by atoms with van der Waals surface area (Å²) >= 11 is 6.69. The van der Waals surface area contributed by atoms with Gasteiger partial charge >= 0.3 is 0 Å². The van der Waals surface area contributed by atoms with Crippen LogP contribution in [0.25, 0.3) is 0 Å². The zero-order valence-corrected chi connectivity index (χ0v) is 19.6. The highest BCUT2D eigenvalue weighted by molar-refractivity contribution is 6.33. The molecule has 8 heteroatoms. The molecule has 1 aromatic heterocycles. The van der Waals surface area contributed by atoms with Gasteiger partial charge < -0.3 is 14.2 Å². The summed E-state index contributed by atoms with van der Waals surface area (Å²) in [5.41, 5.74) is 1.72. The Labute approximate surface area is 194 Å². The summed E-state index contributed by atoms with van der Waals surface area (Å²) in [7, 11) is 0. The van der Waals surface area contributed by atoms with Crippen molar-refractivity contribution in [2.24, 2.45) is 10.9 Å². The Morgan fingerprint density at radius 1 is 1.19 bits per heavy atom. The summed E-state index contributed by atoms with van der Waals surface area (Å²) < 4.78 is 8.12. The molecule has 0 bridgehead atoms.